The quantitative estimate of drug-likeness (QED) is 0.531. The summed E-state index contributed by atoms with van der Waals surface area (Å²) in [6.45, 7) is 2.95. The molecule has 0 unspecified atom stereocenters. The van der Waals surface area contributed by atoms with Crippen molar-refractivity contribution in [2.24, 2.45) is 0 Å². The van der Waals surface area contributed by atoms with E-state index in [9.17, 15) is 19.7 Å². The smallest absolute Gasteiger partial charge is 0.272 e. The summed E-state index contributed by atoms with van der Waals surface area (Å²) in [6, 6.07) is 4.10. The maximum absolute atomic E-state index is 12.0. The number of ketones is 1. The third-order valence-corrected chi connectivity index (χ3v) is 3.50. The second-order valence-corrected chi connectivity index (χ2v) is 5.16. The van der Waals surface area contributed by atoms with Crippen LogP contribution < -0.4 is 5.32 Å². The van der Waals surface area contributed by atoms with Gasteiger partial charge in [-0.25, -0.2) is 4.98 Å². The van der Waals surface area contributed by atoms with Crippen LogP contribution in [0.15, 0.2) is 23.6 Å². The number of amides is 1. The largest absolute Gasteiger partial charge is 0.298 e. The van der Waals surface area contributed by atoms with Crippen LogP contribution in [0.1, 0.15) is 33.3 Å². The fourth-order valence-electron chi connectivity index (χ4n) is 1.66. The number of nitro groups is 1. The number of nitrogens with one attached hydrogen (secondary N) is 1. The summed E-state index contributed by atoms with van der Waals surface area (Å²) in [6.07, 6.45) is 0. The number of carbonyl (C=O) groups excluding carboxylic acids is 2. The monoisotopic (exact) mass is 305 g/mol. The van der Waals surface area contributed by atoms with Crippen LogP contribution in [-0.2, 0) is 0 Å². The number of aromatic nitrogens is 1. The molecule has 0 saturated heterocycles. The number of anilines is 1. The van der Waals surface area contributed by atoms with E-state index in [2.05, 4.69) is 10.3 Å². The zero-order valence-corrected chi connectivity index (χ0v) is 12.1. The van der Waals surface area contributed by atoms with Crippen molar-refractivity contribution in [2.75, 3.05) is 5.32 Å². The lowest BCUT2D eigenvalue weighted by molar-refractivity contribution is -0.385. The van der Waals surface area contributed by atoms with E-state index in [1.165, 1.54) is 25.1 Å². The molecule has 1 heterocycles. The maximum Gasteiger partial charge on any atom is 0.272 e. The van der Waals surface area contributed by atoms with Crippen molar-refractivity contribution < 1.29 is 14.5 Å². The fourth-order valence-corrected chi connectivity index (χ4v) is 2.41. The molecule has 8 heteroatoms. The molecule has 0 aliphatic rings. The van der Waals surface area contributed by atoms with E-state index in [1.54, 1.807) is 12.3 Å². The van der Waals surface area contributed by atoms with Crippen LogP contribution >= 0.6 is 11.3 Å². The second kappa shape index (κ2) is 5.80. The summed E-state index contributed by atoms with van der Waals surface area (Å²) in [5.41, 5.74) is 0.934. The highest BCUT2D eigenvalue weighted by molar-refractivity contribution is 7.14. The van der Waals surface area contributed by atoms with Crippen molar-refractivity contribution in [1.82, 2.24) is 4.98 Å². The summed E-state index contributed by atoms with van der Waals surface area (Å²) >= 11 is 1.14. The Balaban J connectivity index is 2.18. The molecule has 0 bridgehead atoms. The van der Waals surface area contributed by atoms with E-state index in [-0.39, 0.29) is 22.7 Å². The average molecular weight is 305 g/mol. The summed E-state index contributed by atoms with van der Waals surface area (Å²) in [7, 11) is 0. The van der Waals surface area contributed by atoms with Gasteiger partial charge < -0.3 is 0 Å². The van der Waals surface area contributed by atoms with Gasteiger partial charge in [0.15, 0.2) is 10.9 Å². The number of nitrogens with zero attached hydrogens (tertiary/aromatic N) is 2. The Labute approximate surface area is 123 Å². The predicted molar refractivity (Wildman–Crippen MR) is 77.9 cm³/mol. The zero-order chi connectivity index (χ0) is 15.6. The number of rotatable bonds is 4. The number of Topliss-reactive ketones (excluding diaryl/α,β-unsaturated/α-hetero) is 1. The van der Waals surface area contributed by atoms with E-state index in [4.69, 9.17) is 0 Å². The van der Waals surface area contributed by atoms with Crippen molar-refractivity contribution in [1.29, 1.82) is 0 Å². The molecule has 0 radical (unpaired) electrons. The van der Waals surface area contributed by atoms with E-state index >= 15 is 0 Å². The van der Waals surface area contributed by atoms with Gasteiger partial charge in [0.2, 0.25) is 0 Å². The van der Waals surface area contributed by atoms with Gasteiger partial charge in [-0.1, -0.05) is 0 Å². The number of hydrogen-bond donors (Lipinski definition) is 1. The first-order valence-electron chi connectivity index (χ1n) is 5.91. The summed E-state index contributed by atoms with van der Waals surface area (Å²) in [4.78, 5) is 37.3. The molecule has 0 fully saturated rings. The zero-order valence-electron chi connectivity index (χ0n) is 11.2. The van der Waals surface area contributed by atoms with Gasteiger partial charge in [-0.05, 0) is 19.1 Å². The van der Waals surface area contributed by atoms with Gasteiger partial charge in [0.1, 0.15) is 5.69 Å². The second-order valence-electron chi connectivity index (χ2n) is 4.31. The van der Waals surface area contributed by atoms with Gasteiger partial charge in [-0.2, -0.15) is 0 Å². The highest BCUT2D eigenvalue weighted by Crippen LogP contribution is 2.21. The molecule has 0 atom stereocenters. The van der Waals surface area contributed by atoms with Crippen LogP contribution in [0.4, 0.5) is 10.8 Å². The third kappa shape index (κ3) is 3.29. The summed E-state index contributed by atoms with van der Waals surface area (Å²) in [5.74, 6) is -0.615. The van der Waals surface area contributed by atoms with Crippen LogP contribution in [0.25, 0.3) is 0 Å². The van der Waals surface area contributed by atoms with Crippen LogP contribution in [-0.4, -0.2) is 21.6 Å². The maximum atomic E-state index is 12.0. The predicted octanol–water partition coefficient (Wildman–Crippen LogP) is 2.81. The highest BCUT2D eigenvalue weighted by Gasteiger charge is 2.15. The number of thiazole rings is 1. The molecule has 7 nitrogen and oxygen atoms in total. The Bertz CT molecular complexity index is 739. The molecule has 2 rings (SSSR count). The van der Waals surface area contributed by atoms with E-state index in [1.807, 2.05) is 0 Å². The summed E-state index contributed by atoms with van der Waals surface area (Å²) < 4.78 is 0. The molecular formula is C13H11N3O4S. The van der Waals surface area contributed by atoms with Gasteiger partial charge >= 0.3 is 0 Å². The van der Waals surface area contributed by atoms with Gasteiger partial charge in [0.05, 0.1) is 4.92 Å². The number of benzene rings is 1. The lowest BCUT2D eigenvalue weighted by atomic mass is 10.1. The molecule has 1 amide bonds. The molecule has 0 aliphatic heterocycles. The van der Waals surface area contributed by atoms with Crippen LogP contribution in [0.2, 0.25) is 0 Å². The Morgan fingerprint density at radius 1 is 1.38 bits per heavy atom. The van der Waals surface area contributed by atoms with Crippen LogP contribution in [0, 0.1) is 17.0 Å². The number of aryl methyl sites for hydroxylation is 1. The number of nitro benzene ring substituents is 1. The minimum absolute atomic E-state index is 0.0420. The van der Waals surface area contributed by atoms with Gasteiger partial charge in [0.25, 0.3) is 11.6 Å². The lowest BCUT2D eigenvalue weighted by Crippen LogP contribution is -2.12. The average Bonchev–Trinajstić information content (AvgIpc) is 2.86. The third-order valence-electron chi connectivity index (χ3n) is 2.74. The topological polar surface area (TPSA) is 102 Å². The van der Waals surface area contributed by atoms with E-state index in [0.29, 0.717) is 10.7 Å². The molecule has 2 aromatic rings. The Morgan fingerprint density at radius 2 is 2.10 bits per heavy atom. The first kappa shape index (κ1) is 14.8. The Morgan fingerprint density at radius 3 is 2.62 bits per heavy atom. The Kier molecular flexibility index (Phi) is 4.08. The van der Waals surface area contributed by atoms with Crippen molar-refractivity contribution in [3.05, 3.63) is 50.5 Å². The van der Waals surface area contributed by atoms with Crippen molar-refractivity contribution >= 4 is 33.8 Å². The first-order chi connectivity index (χ1) is 9.88. The highest BCUT2D eigenvalue weighted by atomic mass is 32.1. The molecule has 0 spiro atoms. The van der Waals surface area contributed by atoms with Crippen molar-refractivity contribution in [3.63, 3.8) is 0 Å². The number of carbonyl (C=O) groups is 2. The molecule has 108 valence electrons. The molecule has 0 saturated carbocycles. The number of hydrogen-bond acceptors (Lipinski definition) is 6. The van der Waals surface area contributed by atoms with Crippen LogP contribution in [0.5, 0.6) is 0 Å². The SMILES string of the molecule is CC(=O)c1csc(NC(=O)c2ccc([N+](=O)[O-])c(C)c2)n1. The molecule has 0 aliphatic carbocycles. The minimum atomic E-state index is -0.503. The minimum Gasteiger partial charge on any atom is -0.298 e. The van der Waals surface area contributed by atoms with Gasteiger partial charge in [-0.15, -0.1) is 11.3 Å². The normalized spacial score (nSPS) is 10.2. The van der Waals surface area contributed by atoms with E-state index in [0.717, 1.165) is 11.3 Å². The molecule has 21 heavy (non-hydrogen) atoms. The molecule has 1 N–H and O–H groups in total. The molecule has 1 aromatic heterocycles. The Hall–Kier alpha value is -2.61. The van der Waals surface area contributed by atoms with Crippen molar-refractivity contribution in [3.8, 4) is 0 Å². The van der Waals surface area contributed by atoms with Crippen LogP contribution in [0.3, 0.4) is 0 Å². The fraction of sp³-hybridized carbons (Fsp3) is 0.154. The van der Waals surface area contributed by atoms with Gasteiger partial charge in [-0.3, -0.25) is 25.0 Å². The summed E-state index contributed by atoms with van der Waals surface area (Å²) in [5, 5.41) is 15.1. The standard InChI is InChI=1S/C13H11N3O4S/c1-7-5-9(3-4-11(7)16(19)20)12(18)15-13-14-10(6-21-13)8(2)17/h3-6H,1-2H3,(H,14,15,18). The van der Waals surface area contributed by atoms with Gasteiger partial charge in [0, 0.05) is 29.5 Å². The first-order valence-corrected chi connectivity index (χ1v) is 6.79. The molecular weight excluding hydrogens is 294 g/mol. The molecule has 1 aromatic carbocycles. The van der Waals surface area contributed by atoms with E-state index < -0.39 is 10.8 Å². The lowest BCUT2D eigenvalue weighted by Gasteiger charge is -2.03. The van der Waals surface area contributed by atoms with Crippen molar-refractivity contribution in [2.45, 2.75) is 13.8 Å².